The van der Waals surface area contributed by atoms with E-state index in [2.05, 4.69) is 34.8 Å². The summed E-state index contributed by atoms with van der Waals surface area (Å²) in [7, 11) is 0. The highest BCUT2D eigenvalue weighted by atomic mass is 79.9. The first-order chi connectivity index (χ1) is 9.88. The first-order valence-electron chi connectivity index (χ1n) is 6.55. The summed E-state index contributed by atoms with van der Waals surface area (Å²) in [4.78, 5) is 15.3. The molecule has 5 heteroatoms. The highest BCUT2D eigenvalue weighted by Crippen LogP contribution is 2.34. The molecule has 2 aromatic rings. The second-order valence-electron chi connectivity index (χ2n) is 5.07. The molecule has 0 unspecified atom stereocenters. The summed E-state index contributed by atoms with van der Waals surface area (Å²) in [6, 6.07) is 7.32. The van der Waals surface area contributed by atoms with Crippen LogP contribution >= 0.6 is 15.9 Å². The van der Waals surface area contributed by atoms with Crippen molar-refractivity contribution in [3.8, 4) is 11.5 Å². The zero-order valence-electron chi connectivity index (χ0n) is 12.1. The van der Waals surface area contributed by atoms with E-state index in [0.29, 0.717) is 17.2 Å². The molecule has 0 fully saturated rings. The third kappa shape index (κ3) is 3.61. The summed E-state index contributed by atoms with van der Waals surface area (Å²) < 4.78 is 6.82. The summed E-state index contributed by atoms with van der Waals surface area (Å²) >= 11 is 3.44. The van der Waals surface area contributed by atoms with Crippen LogP contribution in [-0.2, 0) is 0 Å². The van der Waals surface area contributed by atoms with Crippen LogP contribution in [-0.4, -0.2) is 16.1 Å². The van der Waals surface area contributed by atoms with Gasteiger partial charge in [-0.25, -0.2) is 4.79 Å². The molecule has 21 heavy (non-hydrogen) atoms. The molecule has 1 aromatic heterocycles. The molecule has 0 aliphatic rings. The molecule has 0 saturated heterocycles. The minimum Gasteiger partial charge on any atom is -0.477 e. The fourth-order valence-electron chi connectivity index (χ4n) is 1.96. The molecule has 1 heterocycles. The van der Waals surface area contributed by atoms with Crippen molar-refractivity contribution < 1.29 is 14.6 Å². The van der Waals surface area contributed by atoms with Crippen molar-refractivity contribution in [2.24, 2.45) is 0 Å². The Morgan fingerprint density at radius 1 is 1.29 bits per heavy atom. The molecule has 0 amide bonds. The number of carbonyl (C=O) groups is 1. The van der Waals surface area contributed by atoms with Gasteiger partial charge in [-0.2, -0.15) is 0 Å². The predicted molar refractivity (Wildman–Crippen MR) is 84.2 cm³/mol. The van der Waals surface area contributed by atoms with Gasteiger partial charge in [0.1, 0.15) is 17.1 Å². The van der Waals surface area contributed by atoms with Crippen LogP contribution in [0.3, 0.4) is 0 Å². The van der Waals surface area contributed by atoms with Gasteiger partial charge in [0.15, 0.2) is 0 Å². The zero-order chi connectivity index (χ0) is 15.6. The van der Waals surface area contributed by atoms with Gasteiger partial charge in [0, 0.05) is 22.4 Å². The fraction of sp³-hybridized carbons (Fsp3) is 0.250. The van der Waals surface area contributed by atoms with Gasteiger partial charge >= 0.3 is 5.97 Å². The Morgan fingerprint density at radius 3 is 2.62 bits per heavy atom. The normalized spacial score (nSPS) is 10.7. The molecule has 110 valence electrons. The molecular weight excluding hydrogens is 334 g/mol. The van der Waals surface area contributed by atoms with Crippen molar-refractivity contribution in [3.05, 3.63) is 51.8 Å². The van der Waals surface area contributed by atoms with E-state index in [1.54, 1.807) is 13.0 Å². The Balaban J connectivity index is 2.47. The summed E-state index contributed by atoms with van der Waals surface area (Å²) in [5.41, 5.74) is 1.77. The van der Waals surface area contributed by atoms with Crippen LogP contribution in [0.4, 0.5) is 0 Å². The maximum absolute atomic E-state index is 11.3. The van der Waals surface area contributed by atoms with E-state index in [4.69, 9.17) is 4.74 Å². The van der Waals surface area contributed by atoms with Gasteiger partial charge in [-0.05, 0) is 36.6 Å². The van der Waals surface area contributed by atoms with Crippen LogP contribution in [0.5, 0.6) is 11.5 Å². The van der Waals surface area contributed by atoms with Crippen LogP contribution in [0, 0.1) is 6.92 Å². The maximum Gasteiger partial charge on any atom is 0.341 e. The summed E-state index contributed by atoms with van der Waals surface area (Å²) in [5, 5.41) is 9.23. The molecule has 0 saturated carbocycles. The van der Waals surface area contributed by atoms with Gasteiger partial charge in [0.2, 0.25) is 0 Å². The number of rotatable bonds is 4. The van der Waals surface area contributed by atoms with Gasteiger partial charge < -0.3 is 9.84 Å². The molecule has 0 spiro atoms. The standard InChI is InChI=1S/C16H16BrNO3/c1-9(2)12-7-11(17)4-5-14(12)21-15-6-10(3)18-8-13(15)16(19)20/h4-9H,1-3H3,(H,19,20). The molecule has 0 aliphatic carbocycles. The average Bonchev–Trinajstić information content (AvgIpc) is 2.40. The Labute approximate surface area is 131 Å². The molecule has 1 N–H and O–H groups in total. The fourth-order valence-corrected chi connectivity index (χ4v) is 2.34. The van der Waals surface area contributed by atoms with Crippen molar-refractivity contribution in [1.29, 1.82) is 0 Å². The Bertz CT molecular complexity index is 683. The first kappa shape index (κ1) is 15.5. The van der Waals surface area contributed by atoms with E-state index in [9.17, 15) is 9.90 Å². The number of hydrogen-bond donors (Lipinski definition) is 1. The lowest BCUT2D eigenvalue weighted by Crippen LogP contribution is -2.03. The van der Waals surface area contributed by atoms with Crippen molar-refractivity contribution in [2.45, 2.75) is 26.7 Å². The van der Waals surface area contributed by atoms with E-state index in [-0.39, 0.29) is 11.5 Å². The largest absolute Gasteiger partial charge is 0.477 e. The number of ether oxygens (including phenoxy) is 1. The molecule has 4 nitrogen and oxygen atoms in total. The monoisotopic (exact) mass is 349 g/mol. The number of carboxylic acids is 1. The van der Waals surface area contributed by atoms with E-state index in [1.807, 2.05) is 18.2 Å². The highest BCUT2D eigenvalue weighted by molar-refractivity contribution is 9.10. The van der Waals surface area contributed by atoms with Crippen LogP contribution in [0.15, 0.2) is 34.9 Å². The third-order valence-corrected chi connectivity index (χ3v) is 3.54. The highest BCUT2D eigenvalue weighted by Gasteiger charge is 2.16. The number of halogens is 1. The Morgan fingerprint density at radius 2 is 2.00 bits per heavy atom. The van der Waals surface area contributed by atoms with E-state index in [0.717, 1.165) is 10.0 Å². The predicted octanol–water partition coefficient (Wildman–Crippen LogP) is 4.77. The number of hydrogen-bond acceptors (Lipinski definition) is 3. The average molecular weight is 350 g/mol. The number of pyridine rings is 1. The minimum absolute atomic E-state index is 0.0539. The molecule has 0 aliphatic heterocycles. The Kier molecular flexibility index (Phi) is 4.63. The van der Waals surface area contributed by atoms with Crippen molar-refractivity contribution in [2.75, 3.05) is 0 Å². The second kappa shape index (κ2) is 6.26. The van der Waals surface area contributed by atoms with Gasteiger partial charge in [-0.3, -0.25) is 4.98 Å². The number of aryl methyl sites for hydroxylation is 1. The van der Waals surface area contributed by atoms with E-state index < -0.39 is 5.97 Å². The number of aromatic nitrogens is 1. The van der Waals surface area contributed by atoms with E-state index in [1.165, 1.54) is 6.20 Å². The van der Waals surface area contributed by atoms with E-state index >= 15 is 0 Å². The molecular formula is C16H16BrNO3. The molecule has 2 rings (SSSR count). The number of benzene rings is 1. The lowest BCUT2D eigenvalue weighted by molar-refractivity contribution is 0.0693. The second-order valence-corrected chi connectivity index (χ2v) is 5.98. The van der Waals surface area contributed by atoms with Crippen LogP contribution in [0.25, 0.3) is 0 Å². The van der Waals surface area contributed by atoms with Crippen molar-refractivity contribution >= 4 is 21.9 Å². The Hall–Kier alpha value is -1.88. The molecule has 0 radical (unpaired) electrons. The molecule has 0 bridgehead atoms. The van der Waals surface area contributed by atoms with Crippen molar-refractivity contribution in [1.82, 2.24) is 4.98 Å². The minimum atomic E-state index is -1.05. The maximum atomic E-state index is 11.3. The summed E-state index contributed by atoms with van der Waals surface area (Å²) in [6.45, 7) is 5.92. The number of nitrogens with zero attached hydrogens (tertiary/aromatic N) is 1. The van der Waals surface area contributed by atoms with Gasteiger partial charge in [0.25, 0.3) is 0 Å². The van der Waals surface area contributed by atoms with Crippen molar-refractivity contribution in [3.63, 3.8) is 0 Å². The molecule has 0 atom stereocenters. The third-order valence-electron chi connectivity index (χ3n) is 3.05. The summed E-state index contributed by atoms with van der Waals surface area (Å²) in [6.07, 6.45) is 1.32. The number of aromatic carboxylic acids is 1. The first-order valence-corrected chi connectivity index (χ1v) is 7.35. The smallest absolute Gasteiger partial charge is 0.341 e. The summed E-state index contributed by atoms with van der Waals surface area (Å²) in [5.74, 6) is 0.162. The lowest BCUT2D eigenvalue weighted by atomic mass is 10.0. The van der Waals surface area contributed by atoms with Gasteiger partial charge in [-0.15, -0.1) is 0 Å². The topological polar surface area (TPSA) is 59.4 Å². The van der Waals surface area contributed by atoms with Gasteiger partial charge in [-0.1, -0.05) is 29.8 Å². The lowest BCUT2D eigenvalue weighted by Gasteiger charge is -2.15. The van der Waals surface area contributed by atoms with Crippen LogP contribution < -0.4 is 4.74 Å². The quantitative estimate of drug-likeness (QED) is 0.863. The van der Waals surface area contributed by atoms with Crippen LogP contribution in [0.2, 0.25) is 0 Å². The number of carboxylic acid groups (broad SMARTS) is 1. The zero-order valence-corrected chi connectivity index (χ0v) is 13.6. The van der Waals surface area contributed by atoms with Gasteiger partial charge in [0.05, 0.1) is 0 Å². The molecule has 1 aromatic carbocycles. The van der Waals surface area contributed by atoms with Crippen LogP contribution in [0.1, 0.15) is 41.4 Å². The SMILES string of the molecule is Cc1cc(Oc2ccc(Br)cc2C(C)C)c(C(=O)O)cn1.